The monoisotopic (exact) mass is 667 g/mol. The number of rotatable bonds is 7. The highest BCUT2D eigenvalue weighted by atomic mass is 16.6. The number of carbonyl (C=O) groups is 5. The number of amides is 3. The summed E-state index contributed by atoms with van der Waals surface area (Å²) in [6, 6.07) is 8.83. The first-order valence-electron chi connectivity index (χ1n) is 14.9. The van der Waals surface area contributed by atoms with Gasteiger partial charge in [0.05, 0.1) is 23.4 Å². The average molecular weight is 668 g/mol. The van der Waals surface area contributed by atoms with Crippen LogP contribution in [-0.4, -0.2) is 73.9 Å². The molecule has 3 aromatic rings. The number of guanidine groups is 1. The van der Waals surface area contributed by atoms with Gasteiger partial charge in [0.1, 0.15) is 29.7 Å². The van der Waals surface area contributed by atoms with Crippen LogP contribution in [0, 0.1) is 0 Å². The highest BCUT2D eigenvalue weighted by Gasteiger charge is 2.22. The van der Waals surface area contributed by atoms with Crippen LogP contribution in [0.25, 0.3) is 5.65 Å². The highest BCUT2D eigenvalue weighted by molar-refractivity contribution is 6.02. The standard InChI is InChI=1S/C32H41N7O9/c1-30(2,3)46-24(41)17-33-23(40)16-21-14-15-22(25-34-18-35-39(21)25)45-26(42)19-10-12-20(13-11-19)36-27(37-28(43)47-31(4,5)6)38-29(44)48-32(7,8)9/h10-15,18H,16-17H2,1-9H3,(H,33,40)(H2,36,37,38,43,44). The number of hydrogen-bond acceptors (Lipinski definition) is 12. The van der Waals surface area contributed by atoms with Gasteiger partial charge in [-0.25, -0.2) is 28.9 Å². The number of hydrogen-bond donors (Lipinski definition) is 3. The molecular formula is C32H41N7O9. The maximum Gasteiger partial charge on any atom is 0.414 e. The van der Waals surface area contributed by atoms with E-state index < -0.39 is 46.8 Å². The predicted molar refractivity (Wildman–Crippen MR) is 173 cm³/mol. The Morgan fingerprint density at radius 3 is 1.88 bits per heavy atom. The summed E-state index contributed by atoms with van der Waals surface area (Å²) in [7, 11) is 0. The fourth-order valence-electron chi connectivity index (χ4n) is 3.77. The van der Waals surface area contributed by atoms with Crippen LogP contribution in [-0.2, 0) is 30.2 Å². The van der Waals surface area contributed by atoms with Crippen LogP contribution in [0.1, 0.15) is 78.4 Å². The summed E-state index contributed by atoms with van der Waals surface area (Å²) in [5.41, 5.74) is -1.25. The first-order chi connectivity index (χ1) is 22.2. The van der Waals surface area contributed by atoms with Crippen LogP contribution in [0.3, 0.4) is 0 Å². The van der Waals surface area contributed by atoms with E-state index in [1.165, 1.54) is 41.2 Å². The minimum absolute atomic E-state index is 0.0860. The molecule has 0 aliphatic carbocycles. The van der Waals surface area contributed by atoms with Crippen molar-refractivity contribution in [1.82, 2.24) is 30.5 Å². The van der Waals surface area contributed by atoms with E-state index in [-0.39, 0.29) is 41.6 Å². The second kappa shape index (κ2) is 14.9. The number of benzene rings is 1. The van der Waals surface area contributed by atoms with E-state index >= 15 is 0 Å². The Morgan fingerprint density at radius 1 is 0.771 bits per heavy atom. The Labute approximate surface area is 277 Å². The number of fused-ring (bicyclic) bond motifs is 1. The minimum Gasteiger partial charge on any atom is -0.459 e. The molecule has 0 atom stereocenters. The molecule has 0 radical (unpaired) electrons. The van der Waals surface area contributed by atoms with Gasteiger partial charge in [-0.3, -0.25) is 20.2 Å². The van der Waals surface area contributed by atoms with Crippen LogP contribution >= 0.6 is 0 Å². The normalized spacial score (nSPS) is 11.6. The lowest BCUT2D eigenvalue weighted by atomic mass is 10.2. The van der Waals surface area contributed by atoms with Gasteiger partial charge in [-0.2, -0.15) is 5.10 Å². The Bertz CT molecular complexity index is 1660. The summed E-state index contributed by atoms with van der Waals surface area (Å²) < 4.78 is 22.6. The summed E-state index contributed by atoms with van der Waals surface area (Å²) in [6.07, 6.45) is -0.600. The molecule has 0 saturated heterocycles. The molecule has 0 aliphatic heterocycles. The number of esters is 2. The molecule has 0 bridgehead atoms. The zero-order valence-corrected chi connectivity index (χ0v) is 28.4. The third-order valence-electron chi connectivity index (χ3n) is 5.44. The van der Waals surface area contributed by atoms with Crippen molar-refractivity contribution >= 4 is 47.3 Å². The van der Waals surface area contributed by atoms with E-state index in [1.807, 2.05) is 0 Å². The molecule has 0 aliphatic rings. The number of ether oxygens (including phenoxy) is 4. The van der Waals surface area contributed by atoms with E-state index in [9.17, 15) is 24.0 Å². The van der Waals surface area contributed by atoms with Crippen LogP contribution < -0.4 is 20.7 Å². The average Bonchev–Trinajstić information content (AvgIpc) is 3.41. The fraction of sp³-hybridized carbons (Fsp3) is 0.438. The number of pyridine rings is 1. The minimum atomic E-state index is -0.857. The number of aliphatic imine (C=N–C) groups is 1. The summed E-state index contributed by atoms with van der Waals surface area (Å²) in [5.74, 6) is -1.92. The summed E-state index contributed by atoms with van der Waals surface area (Å²) in [6.45, 7) is 15.0. The second-order valence-corrected chi connectivity index (χ2v) is 13.4. The van der Waals surface area contributed by atoms with Crippen LogP contribution in [0.5, 0.6) is 5.75 Å². The molecule has 258 valence electrons. The van der Waals surface area contributed by atoms with Crippen molar-refractivity contribution in [1.29, 1.82) is 0 Å². The fourth-order valence-corrected chi connectivity index (χ4v) is 3.77. The molecule has 3 rings (SSSR count). The highest BCUT2D eigenvalue weighted by Crippen LogP contribution is 2.22. The van der Waals surface area contributed by atoms with Crippen molar-refractivity contribution in [3.8, 4) is 5.75 Å². The smallest absolute Gasteiger partial charge is 0.414 e. The van der Waals surface area contributed by atoms with E-state index in [1.54, 1.807) is 68.4 Å². The Balaban J connectivity index is 1.71. The van der Waals surface area contributed by atoms with Crippen molar-refractivity contribution in [2.75, 3.05) is 6.54 Å². The molecule has 2 heterocycles. The van der Waals surface area contributed by atoms with Crippen molar-refractivity contribution in [3.05, 3.63) is 54.0 Å². The van der Waals surface area contributed by atoms with Crippen LogP contribution in [0.4, 0.5) is 15.3 Å². The van der Waals surface area contributed by atoms with E-state index in [0.717, 1.165) is 0 Å². The lowest BCUT2D eigenvalue weighted by Crippen LogP contribution is -2.47. The van der Waals surface area contributed by atoms with Gasteiger partial charge in [-0.1, -0.05) is 0 Å². The molecular weight excluding hydrogens is 626 g/mol. The van der Waals surface area contributed by atoms with Crippen LogP contribution in [0.15, 0.2) is 47.7 Å². The molecule has 48 heavy (non-hydrogen) atoms. The third-order valence-corrected chi connectivity index (χ3v) is 5.44. The van der Waals surface area contributed by atoms with Gasteiger partial charge in [0.2, 0.25) is 11.9 Å². The van der Waals surface area contributed by atoms with Gasteiger partial charge < -0.3 is 24.3 Å². The number of nitrogens with one attached hydrogen (secondary N) is 3. The van der Waals surface area contributed by atoms with E-state index in [2.05, 4.69) is 31.0 Å². The van der Waals surface area contributed by atoms with Crippen LogP contribution in [0.2, 0.25) is 0 Å². The summed E-state index contributed by atoms with van der Waals surface area (Å²) in [5, 5.41) is 11.4. The lowest BCUT2D eigenvalue weighted by Gasteiger charge is -2.22. The SMILES string of the molecule is CC(C)(C)OC(=O)CNC(=O)Cc1ccc(OC(=O)c2ccc(N=C(NC(=O)OC(C)(C)C)NC(=O)OC(C)(C)C)cc2)c2ncnn12. The quantitative estimate of drug-likeness (QED) is 0.142. The van der Waals surface area contributed by atoms with Gasteiger partial charge >= 0.3 is 24.1 Å². The molecule has 16 nitrogen and oxygen atoms in total. The topological polar surface area (TPSA) is 201 Å². The summed E-state index contributed by atoms with van der Waals surface area (Å²) >= 11 is 0. The zero-order valence-electron chi connectivity index (χ0n) is 28.4. The van der Waals surface area contributed by atoms with E-state index in [0.29, 0.717) is 5.69 Å². The molecule has 0 spiro atoms. The number of carbonyl (C=O) groups excluding carboxylic acids is 5. The van der Waals surface area contributed by atoms with Gasteiger partial charge in [0.15, 0.2) is 11.4 Å². The molecule has 3 N–H and O–H groups in total. The Kier molecular flexibility index (Phi) is 11.5. The maximum absolute atomic E-state index is 13.0. The molecule has 0 saturated carbocycles. The van der Waals surface area contributed by atoms with Crippen molar-refractivity contribution in [2.45, 2.75) is 85.5 Å². The number of alkyl carbamates (subject to hydrolysis) is 2. The van der Waals surface area contributed by atoms with E-state index in [4.69, 9.17) is 18.9 Å². The van der Waals surface area contributed by atoms with Gasteiger partial charge in [-0.05, 0) is 98.7 Å². The summed E-state index contributed by atoms with van der Waals surface area (Å²) in [4.78, 5) is 70.5. The molecule has 0 unspecified atom stereocenters. The van der Waals surface area contributed by atoms with Gasteiger partial charge in [0, 0.05) is 0 Å². The molecule has 0 fully saturated rings. The largest absolute Gasteiger partial charge is 0.459 e. The number of aromatic nitrogens is 3. The first-order valence-corrected chi connectivity index (χ1v) is 14.9. The van der Waals surface area contributed by atoms with Crippen molar-refractivity contribution < 1.29 is 42.9 Å². The lowest BCUT2D eigenvalue weighted by molar-refractivity contribution is -0.154. The molecule has 2 aromatic heterocycles. The molecule has 3 amide bonds. The second-order valence-electron chi connectivity index (χ2n) is 13.4. The maximum atomic E-state index is 13.0. The van der Waals surface area contributed by atoms with Crippen molar-refractivity contribution in [3.63, 3.8) is 0 Å². The Morgan fingerprint density at radius 2 is 1.33 bits per heavy atom. The Hall–Kier alpha value is -5.54. The first kappa shape index (κ1) is 36.9. The third kappa shape index (κ3) is 12.3. The predicted octanol–water partition coefficient (Wildman–Crippen LogP) is 3.99. The van der Waals surface area contributed by atoms with Gasteiger partial charge in [-0.15, -0.1) is 0 Å². The molecule has 16 heteroatoms. The number of nitrogens with zero attached hydrogens (tertiary/aromatic N) is 4. The van der Waals surface area contributed by atoms with Crippen molar-refractivity contribution in [2.24, 2.45) is 4.99 Å². The molecule has 1 aromatic carbocycles. The van der Waals surface area contributed by atoms with Gasteiger partial charge in [0.25, 0.3) is 0 Å². The zero-order chi connectivity index (χ0) is 35.9.